The predicted octanol–water partition coefficient (Wildman–Crippen LogP) is 1.55. The number of hydrogen-bond acceptors (Lipinski definition) is 4. The van der Waals surface area contributed by atoms with Crippen molar-refractivity contribution in [3.63, 3.8) is 0 Å². The lowest BCUT2D eigenvalue weighted by Crippen LogP contribution is -2.27. The first-order valence-corrected chi connectivity index (χ1v) is 4.96. The number of rotatable bonds is 10. The molecule has 0 N–H and O–H groups in total. The van der Waals surface area contributed by atoms with Gasteiger partial charge >= 0.3 is 0 Å². The van der Waals surface area contributed by atoms with Crippen LogP contribution in [0.15, 0.2) is 12.7 Å². The Hall–Kier alpha value is -0.710. The van der Waals surface area contributed by atoms with Crippen molar-refractivity contribution in [2.24, 2.45) is 0 Å². The standard InChI is InChI=1S/C11H20O4/c1-4-11(2,6-5-7-12)15-10-14-9-8-13-3/h4,7H,1,5-6,8-10H2,2-3H3/t11-/m0/s1. The molecule has 4 heteroatoms. The largest absolute Gasteiger partial charge is 0.382 e. The fourth-order valence-electron chi connectivity index (χ4n) is 0.956. The topological polar surface area (TPSA) is 44.8 Å². The molecule has 0 bridgehead atoms. The molecule has 0 heterocycles. The van der Waals surface area contributed by atoms with Gasteiger partial charge in [0.1, 0.15) is 13.1 Å². The molecule has 0 aliphatic rings. The average Bonchev–Trinajstić information content (AvgIpc) is 2.26. The van der Waals surface area contributed by atoms with Crippen LogP contribution in [0.4, 0.5) is 0 Å². The van der Waals surface area contributed by atoms with E-state index >= 15 is 0 Å². The minimum absolute atomic E-state index is 0.185. The van der Waals surface area contributed by atoms with Crippen molar-refractivity contribution in [3.05, 3.63) is 12.7 Å². The van der Waals surface area contributed by atoms with Crippen molar-refractivity contribution in [2.75, 3.05) is 27.1 Å². The third kappa shape index (κ3) is 7.25. The van der Waals surface area contributed by atoms with Crippen LogP contribution in [0, 0.1) is 0 Å². The van der Waals surface area contributed by atoms with E-state index in [2.05, 4.69) is 6.58 Å². The van der Waals surface area contributed by atoms with Crippen LogP contribution in [0.25, 0.3) is 0 Å². The van der Waals surface area contributed by atoms with Gasteiger partial charge in [0.15, 0.2) is 0 Å². The summed E-state index contributed by atoms with van der Waals surface area (Å²) in [5.41, 5.74) is -0.492. The Balaban J connectivity index is 3.67. The van der Waals surface area contributed by atoms with Gasteiger partial charge in [-0.2, -0.15) is 0 Å². The zero-order valence-electron chi connectivity index (χ0n) is 9.53. The highest BCUT2D eigenvalue weighted by Crippen LogP contribution is 2.18. The Morgan fingerprint density at radius 3 is 2.67 bits per heavy atom. The van der Waals surface area contributed by atoms with Crippen molar-refractivity contribution < 1.29 is 19.0 Å². The average molecular weight is 216 g/mol. The lowest BCUT2D eigenvalue weighted by molar-refractivity contribution is -0.127. The molecule has 0 aromatic heterocycles. The van der Waals surface area contributed by atoms with E-state index in [0.717, 1.165) is 6.29 Å². The first-order chi connectivity index (χ1) is 7.18. The van der Waals surface area contributed by atoms with E-state index in [4.69, 9.17) is 14.2 Å². The Bertz CT molecular complexity index is 181. The van der Waals surface area contributed by atoms with Crippen LogP contribution in [-0.4, -0.2) is 39.0 Å². The Labute approximate surface area is 91.2 Å². The number of ether oxygens (including phenoxy) is 3. The van der Waals surface area contributed by atoms with Crippen LogP contribution in [0.1, 0.15) is 19.8 Å². The number of aldehydes is 1. The molecule has 0 aliphatic carbocycles. The first kappa shape index (κ1) is 14.3. The van der Waals surface area contributed by atoms with Crippen LogP contribution < -0.4 is 0 Å². The summed E-state index contributed by atoms with van der Waals surface area (Å²) in [5, 5.41) is 0. The van der Waals surface area contributed by atoms with E-state index < -0.39 is 5.60 Å². The Morgan fingerprint density at radius 1 is 1.40 bits per heavy atom. The summed E-state index contributed by atoms with van der Waals surface area (Å²) in [6, 6.07) is 0. The molecule has 0 fully saturated rings. The van der Waals surface area contributed by atoms with Gasteiger partial charge in [0.25, 0.3) is 0 Å². The van der Waals surface area contributed by atoms with Crippen LogP contribution in [-0.2, 0) is 19.0 Å². The van der Waals surface area contributed by atoms with Crippen LogP contribution >= 0.6 is 0 Å². The summed E-state index contributed by atoms with van der Waals surface area (Å²) in [7, 11) is 1.61. The maximum atomic E-state index is 10.2. The third-order valence-corrected chi connectivity index (χ3v) is 2.09. The molecule has 0 radical (unpaired) electrons. The van der Waals surface area contributed by atoms with E-state index in [9.17, 15) is 4.79 Å². The molecule has 0 spiro atoms. The van der Waals surface area contributed by atoms with E-state index in [1.807, 2.05) is 6.92 Å². The van der Waals surface area contributed by atoms with Gasteiger partial charge < -0.3 is 19.0 Å². The van der Waals surface area contributed by atoms with Gasteiger partial charge in [-0.3, -0.25) is 0 Å². The minimum atomic E-state index is -0.492. The molecular weight excluding hydrogens is 196 g/mol. The quantitative estimate of drug-likeness (QED) is 0.240. The summed E-state index contributed by atoms with van der Waals surface area (Å²) in [6.45, 7) is 6.78. The number of hydrogen-bond donors (Lipinski definition) is 0. The molecule has 0 aromatic carbocycles. The Morgan fingerprint density at radius 2 is 2.13 bits per heavy atom. The SMILES string of the molecule is C=C[C@@](C)(CCC=O)OCOCCOC. The summed E-state index contributed by atoms with van der Waals surface area (Å²) < 4.78 is 15.5. The molecule has 0 aliphatic heterocycles. The molecule has 4 nitrogen and oxygen atoms in total. The van der Waals surface area contributed by atoms with Crippen molar-refractivity contribution in [1.29, 1.82) is 0 Å². The fourth-order valence-corrected chi connectivity index (χ4v) is 0.956. The minimum Gasteiger partial charge on any atom is -0.382 e. The van der Waals surface area contributed by atoms with Crippen LogP contribution in [0.3, 0.4) is 0 Å². The molecule has 0 aromatic rings. The van der Waals surface area contributed by atoms with E-state index in [1.54, 1.807) is 13.2 Å². The highest BCUT2D eigenvalue weighted by atomic mass is 16.7. The van der Waals surface area contributed by atoms with Gasteiger partial charge in [0.2, 0.25) is 0 Å². The lowest BCUT2D eigenvalue weighted by Gasteiger charge is -2.25. The van der Waals surface area contributed by atoms with E-state index in [-0.39, 0.29) is 6.79 Å². The molecule has 1 atom stereocenters. The second-order valence-electron chi connectivity index (χ2n) is 3.39. The third-order valence-electron chi connectivity index (χ3n) is 2.09. The van der Waals surface area contributed by atoms with Crippen molar-refractivity contribution in [2.45, 2.75) is 25.4 Å². The maximum absolute atomic E-state index is 10.2. The summed E-state index contributed by atoms with van der Waals surface area (Å²) in [4.78, 5) is 10.2. The van der Waals surface area contributed by atoms with Gasteiger partial charge in [-0.15, -0.1) is 6.58 Å². The zero-order chi connectivity index (χ0) is 11.6. The smallest absolute Gasteiger partial charge is 0.147 e. The molecular formula is C11H20O4. The van der Waals surface area contributed by atoms with Crippen molar-refractivity contribution >= 4 is 6.29 Å². The molecule has 0 saturated carbocycles. The second kappa shape index (κ2) is 8.59. The molecule has 15 heavy (non-hydrogen) atoms. The fraction of sp³-hybridized carbons (Fsp3) is 0.727. The first-order valence-electron chi connectivity index (χ1n) is 4.96. The predicted molar refractivity (Wildman–Crippen MR) is 57.7 cm³/mol. The molecule has 0 rings (SSSR count). The van der Waals surface area contributed by atoms with Crippen LogP contribution in [0.2, 0.25) is 0 Å². The molecule has 88 valence electrons. The van der Waals surface area contributed by atoms with Crippen LogP contribution in [0.5, 0.6) is 0 Å². The van der Waals surface area contributed by atoms with Gasteiger partial charge in [0.05, 0.1) is 18.8 Å². The Kier molecular flexibility index (Phi) is 8.18. The number of methoxy groups -OCH3 is 1. The second-order valence-corrected chi connectivity index (χ2v) is 3.39. The highest BCUT2D eigenvalue weighted by molar-refractivity contribution is 5.49. The van der Waals surface area contributed by atoms with E-state index in [1.165, 1.54) is 0 Å². The van der Waals surface area contributed by atoms with Gasteiger partial charge in [-0.05, 0) is 13.3 Å². The van der Waals surface area contributed by atoms with Crippen molar-refractivity contribution in [3.8, 4) is 0 Å². The van der Waals surface area contributed by atoms with Gasteiger partial charge in [-0.1, -0.05) is 6.08 Å². The molecule has 0 unspecified atom stereocenters. The molecule has 0 saturated heterocycles. The zero-order valence-corrected chi connectivity index (χ0v) is 9.53. The van der Waals surface area contributed by atoms with Crippen molar-refractivity contribution in [1.82, 2.24) is 0 Å². The number of carbonyl (C=O) groups excluding carboxylic acids is 1. The van der Waals surface area contributed by atoms with E-state index in [0.29, 0.717) is 26.1 Å². The van der Waals surface area contributed by atoms with Gasteiger partial charge in [0, 0.05) is 13.5 Å². The van der Waals surface area contributed by atoms with Gasteiger partial charge in [-0.25, -0.2) is 0 Å². The maximum Gasteiger partial charge on any atom is 0.147 e. The summed E-state index contributed by atoms with van der Waals surface area (Å²) in [5.74, 6) is 0. The molecule has 0 amide bonds. The summed E-state index contributed by atoms with van der Waals surface area (Å²) in [6.07, 6.45) is 3.64. The monoisotopic (exact) mass is 216 g/mol. The number of carbonyl (C=O) groups is 1. The normalized spacial score (nSPS) is 14.5. The summed E-state index contributed by atoms with van der Waals surface area (Å²) >= 11 is 0. The highest BCUT2D eigenvalue weighted by Gasteiger charge is 2.19. The lowest BCUT2D eigenvalue weighted by atomic mass is 10.0.